The summed E-state index contributed by atoms with van der Waals surface area (Å²) in [6.07, 6.45) is -1.85. The Morgan fingerprint density at radius 2 is 1.95 bits per heavy atom. The van der Waals surface area contributed by atoms with Gasteiger partial charge in [-0.2, -0.15) is 23.4 Å². The van der Waals surface area contributed by atoms with Crippen LogP contribution in [-0.4, -0.2) is 64.1 Å². The molecule has 1 amide bonds. The lowest BCUT2D eigenvalue weighted by Crippen LogP contribution is -2.41. The Morgan fingerprint density at radius 3 is 2.54 bits per heavy atom. The Morgan fingerprint density at radius 1 is 1.22 bits per heavy atom. The second kappa shape index (κ2) is 8.64. The molecule has 194 valence electrons. The zero-order valence-corrected chi connectivity index (χ0v) is 20.3. The summed E-state index contributed by atoms with van der Waals surface area (Å²) in [5.41, 5.74) is 1.04. The second-order valence-electron chi connectivity index (χ2n) is 9.06. The molecule has 1 aliphatic heterocycles. The van der Waals surface area contributed by atoms with E-state index in [0.29, 0.717) is 17.0 Å². The van der Waals surface area contributed by atoms with Gasteiger partial charge in [0.05, 0.1) is 22.3 Å². The van der Waals surface area contributed by atoms with E-state index in [1.54, 1.807) is 19.1 Å². The second-order valence-corrected chi connectivity index (χ2v) is 11.0. The van der Waals surface area contributed by atoms with Gasteiger partial charge in [-0.3, -0.25) is 14.8 Å². The fourth-order valence-electron chi connectivity index (χ4n) is 4.45. The number of aromatic nitrogens is 4. The van der Waals surface area contributed by atoms with E-state index in [0.717, 1.165) is 24.0 Å². The van der Waals surface area contributed by atoms with Crippen molar-refractivity contribution in [2.24, 2.45) is 5.92 Å². The Bertz CT molecular complexity index is 1500. The number of aromatic amines is 1. The molecule has 1 saturated carbocycles. The number of rotatable bonds is 6. The van der Waals surface area contributed by atoms with Crippen LogP contribution < -0.4 is 0 Å². The minimum Gasteiger partial charge on any atom is -0.430 e. The Hall–Kier alpha value is -3.81. The van der Waals surface area contributed by atoms with Crippen LogP contribution in [-0.2, 0) is 19.4 Å². The van der Waals surface area contributed by atoms with E-state index in [9.17, 15) is 31.2 Å². The molecular formula is C23H20F3N5O5S. The number of alkyl halides is 3. The van der Waals surface area contributed by atoms with Gasteiger partial charge in [-0.25, -0.2) is 13.2 Å². The van der Waals surface area contributed by atoms with Crippen molar-refractivity contribution in [3.05, 3.63) is 47.8 Å². The van der Waals surface area contributed by atoms with Crippen LogP contribution in [0.2, 0.25) is 0 Å². The van der Waals surface area contributed by atoms with Gasteiger partial charge in [0.15, 0.2) is 9.84 Å². The number of nitrogens with zero attached hydrogens (tertiary/aromatic N) is 4. The maximum atomic E-state index is 13.5. The summed E-state index contributed by atoms with van der Waals surface area (Å²) in [6, 6.07) is 5.24. The largest absolute Gasteiger partial charge is 0.491 e. The molecule has 2 atom stereocenters. The number of nitrogens with one attached hydrogen (secondary N) is 1. The molecule has 14 heteroatoms. The molecule has 10 nitrogen and oxygen atoms in total. The van der Waals surface area contributed by atoms with Gasteiger partial charge in [0.25, 0.3) is 5.91 Å². The van der Waals surface area contributed by atoms with E-state index in [2.05, 4.69) is 20.4 Å². The van der Waals surface area contributed by atoms with Gasteiger partial charge in [0.1, 0.15) is 5.69 Å². The molecule has 3 heterocycles. The minimum atomic E-state index is -5.31. The SMILES string of the molecule is C[C@@H](C1CC1)N1C(=O)c2c(cc(-c3cnnc(-c4ccn[nH]4)c3)cc2S(C)(=O)=O)C1OC(=O)C(F)(F)F. The van der Waals surface area contributed by atoms with Crippen molar-refractivity contribution >= 4 is 21.7 Å². The first-order valence-corrected chi connectivity index (χ1v) is 13.1. The summed E-state index contributed by atoms with van der Waals surface area (Å²) in [7, 11) is -4.04. The van der Waals surface area contributed by atoms with E-state index in [-0.39, 0.29) is 27.5 Å². The van der Waals surface area contributed by atoms with Crippen molar-refractivity contribution < 1.29 is 35.9 Å². The molecule has 5 rings (SSSR count). The molecule has 0 bridgehead atoms. The summed E-state index contributed by atoms with van der Waals surface area (Å²) < 4.78 is 69.9. The first-order chi connectivity index (χ1) is 17.4. The number of fused-ring (bicyclic) bond motifs is 1. The van der Waals surface area contributed by atoms with Crippen molar-refractivity contribution in [3.63, 3.8) is 0 Å². The van der Waals surface area contributed by atoms with Crippen molar-refractivity contribution in [3.8, 4) is 22.5 Å². The predicted molar refractivity (Wildman–Crippen MR) is 121 cm³/mol. The molecule has 3 aromatic rings. The van der Waals surface area contributed by atoms with Crippen molar-refractivity contribution in [2.75, 3.05) is 6.26 Å². The molecular weight excluding hydrogens is 515 g/mol. The quantitative estimate of drug-likeness (QED) is 0.475. The number of sulfone groups is 1. The normalized spacial score (nSPS) is 18.6. The zero-order chi connectivity index (χ0) is 26.7. The Kier molecular flexibility index (Phi) is 5.81. The summed E-state index contributed by atoms with van der Waals surface area (Å²) in [5, 5.41) is 14.5. The highest BCUT2D eigenvalue weighted by atomic mass is 32.2. The van der Waals surface area contributed by atoms with Crippen LogP contribution in [0.3, 0.4) is 0 Å². The van der Waals surface area contributed by atoms with Crippen LogP contribution in [0, 0.1) is 5.92 Å². The molecule has 0 radical (unpaired) electrons. The van der Waals surface area contributed by atoms with E-state index in [4.69, 9.17) is 4.74 Å². The molecule has 0 saturated heterocycles. The molecule has 1 N–H and O–H groups in total. The number of hydrogen-bond acceptors (Lipinski definition) is 8. The number of carbonyl (C=O) groups excluding carboxylic acids is 2. The smallest absolute Gasteiger partial charge is 0.430 e. The van der Waals surface area contributed by atoms with Crippen LogP contribution in [0.15, 0.2) is 41.6 Å². The molecule has 1 aromatic carbocycles. The van der Waals surface area contributed by atoms with Gasteiger partial charge >= 0.3 is 12.1 Å². The van der Waals surface area contributed by atoms with Crippen LogP contribution in [0.25, 0.3) is 22.5 Å². The predicted octanol–water partition coefficient (Wildman–Crippen LogP) is 3.30. The summed E-state index contributed by atoms with van der Waals surface area (Å²) in [6.45, 7) is 1.64. The average Bonchev–Trinajstić information content (AvgIpc) is 3.47. The molecule has 37 heavy (non-hydrogen) atoms. The maximum absolute atomic E-state index is 13.5. The van der Waals surface area contributed by atoms with Crippen LogP contribution in [0.4, 0.5) is 13.2 Å². The number of ether oxygens (including phenoxy) is 1. The van der Waals surface area contributed by atoms with Crippen LogP contribution >= 0.6 is 0 Å². The third-order valence-corrected chi connectivity index (χ3v) is 7.58. The number of H-pyrrole nitrogens is 1. The number of hydrogen-bond donors (Lipinski definition) is 1. The molecule has 2 aliphatic rings. The average molecular weight is 536 g/mol. The maximum Gasteiger partial charge on any atom is 0.491 e. The van der Waals surface area contributed by atoms with Crippen LogP contribution in [0.1, 0.15) is 41.9 Å². The Labute approximate surface area is 208 Å². The lowest BCUT2D eigenvalue weighted by molar-refractivity contribution is -0.212. The molecule has 1 fully saturated rings. The molecule has 1 aliphatic carbocycles. The zero-order valence-electron chi connectivity index (χ0n) is 19.5. The van der Waals surface area contributed by atoms with Crippen molar-refractivity contribution in [2.45, 2.75) is 43.1 Å². The lowest BCUT2D eigenvalue weighted by Gasteiger charge is -2.31. The number of benzene rings is 1. The minimum absolute atomic E-state index is 0.00661. The standard InChI is InChI=1S/C23H20F3N5O5S/c1-11(12-3-4-12)31-20(32)19-15(21(31)36-22(33)23(24,25)26)7-13(9-18(19)37(2,34)35)14-8-17(30-28-10-14)16-5-6-27-29-16/h5-12,21H,3-4H2,1-2H3,(H,27,29)/t11-,21?/m0/s1. The highest BCUT2D eigenvalue weighted by Gasteiger charge is 2.51. The van der Waals surface area contributed by atoms with Crippen molar-refractivity contribution in [1.82, 2.24) is 25.3 Å². The highest BCUT2D eigenvalue weighted by Crippen LogP contribution is 2.46. The van der Waals surface area contributed by atoms with Gasteiger partial charge in [-0.1, -0.05) is 0 Å². The number of carbonyl (C=O) groups is 2. The highest BCUT2D eigenvalue weighted by molar-refractivity contribution is 7.90. The van der Waals surface area contributed by atoms with E-state index >= 15 is 0 Å². The number of halogens is 3. The van der Waals surface area contributed by atoms with Gasteiger partial charge in [0.2, 0.25) is 6.23 Å². The summed E-state index contributed by atoms with van der Waals surface area (Å²) in [5.74, 6) is -3.30. The van der Waals surface area contributed by atoms with E-state index < -0.39 is 40.2 Å². The molecule has 1 unspecified atom stereocenters. The van der Waals surface area contributed by atoms with Gasteiger partial charge < -0.3 is 4.74 Å². The fourth-order valence-corrected chi connectivity index (χ4v) is 5.37. The third kappa shape index (κ3) is 4.56. The van der Waals surface area contributed by atoms with Crippen molar-refractivity contribution in [1.29, 1.82) is 0 Å². The topological polar surface area (TPSA) is 135 Å². The summed E-state index contributed by atoms with van der Waals surface area (Å²) in [4.78, 5) is 26.0. The van der Waals surface area contributed by atoms with Gasteiger partial charge in [-0.15, -0.1) is 5.10 Å². The monoisotopic (exact) mass is 535 g/mol. The molecule has 0 spiro atoms. The lowest BCUT2D eigenvalue weighted by atomic mass is 10.0. The van der Waals surface area contributed by atoms with E-state index in [1.807, 2.05) is 0 Å². The summed E-state index contributed by atoms with van der Waals surface area (Å²) >= 11 is 0. The third-order valence-electron chi connectivity index (χ3n) is 6.46. The molecule has 2 aromatic heterocycles. The first-order valence-electron chi connectivity index (χ1n) is 11.2. The first kappa shape index (κ1) is 24.9. The number of esters is 1. The fraction of sp³-hybridized carbons (Fsp3) is 0.348. The number of amides is 1. The van der Waals surface area contributed by atoms with Gasteiger partial charge in [0, 0.05) is 29.6 Å². The van der Waals surface area contributed by atoms with Crippen LogP contribution in [0.5, 0.6) is 0 Å². The van der Waals surface area contributed by atoms with Gasteiger partial charge in [-0.05, 0) is 55.5 Å². The Balaban J connectivity index is 1.69. The van der Waals surface area contributed by atoms with E-state index in [1.165, 1.54) is 24.5 Å².